The van der Waals surface area contributed by atoms with Crippen LogP contribution in [0.4, 0.5) is 17.2 Å². The molecule has 0 atom stereocenters. The van der Waals surface area contributed by atoms with E-state index in [0.717, 1.165) is 5.69 Å². The van der Waals surface area contributed by atoms with Gasteiger partial charge in [-0.3, -0.25) is 9.59 Å². The number of nitrogens with zero attached hydrogens (tertiary/aromatic N) is 1. The zero-order valence-corrected chi connectivity index (χ0v) is 15.9. The molecule has 7 heteroatoms. The molecule has 0 radical (unpaired) electrons. The van der Waals surface area contributed by atoms with E-state index >= 15 is 0 Å². The molecule has 0 aliphatic rings. The van der Waals surface area contributed by atoms with Gasteiger partial charge in [-0.15, -0.1) is 0 Å². The lowest BCUT2D eigenvalue weighted by Crippen LogP contribution is -2.12. The van der Waals surface area contributed by atoms with Gasteiger partial charge in [0.25, 0.3) is 5.91 Å². The van der Waals surface area contributed by atoms with Crippen molar-refractivity contribution in [1.29, 1.82) is 0 Å². The Hall–Kier alpha value is -4.00. The van der Waals surface area contributed by atoms with Crippen LogP contribution in [0, 0.1) is 0 Å². The van der Waals surface area contributed by atoms with Gasteiger partial charge in [-0.2, -0.15) is 0 Å². The van der Waals surface area contributed by atoms with Crippen molar-refractivity contribution in [3.05, 3.63) is 83.6 Å². The molecular weight excluding hydrogens is 370 g/mol. The first-order valence-electron chi connectivity index (χ1n) is 8.80. The minimum Gasteiger partial charge on any atom is -0.465 e. The maximum absolute atomic E-state index is 12.4. The molecule has 1 aromatic heterocycles. The van der Waals surface area contributed by atoms with Gasteiger partial charge in [0.1, 0.15) is 5.82 Å². The summed E-state index contributed by atoms with van der Waals surface area (Å²) in [7, 11) is 1.31. The van der Waals surface area contributed by atoms with Gasteiger partial charge in [-0.05, 0) is 55.5 Å². The number of anilines is 3. The Morgan fingerprint density at radius 1 is 0.862 bits per heavy atom. The number of esters is 1. The number of carbonyl (C=O) groups excluding carboxylic acids is 3. The van der Waals surface area contributed by atoms with Crippen molar-refractivity contribution in [2.24, 2.45) is 0 Å². The van der Waals surface area contributed by atoms with Crippen molar-refractivity contribution in [2.75, 3.05) is 17.7 Å². The Balaban J connectivity index is 1.65. The number of benzene rings is 2. The summed E-state index contributed by atoms with van der Waals surface area (Å²) in [6.45, 7) is 1.51. The summed E-state index contributed by atoms with van der Waals surface area (Å²) in [5.41, 5.74) is 2.66. The van der Waals surface area contributed by atoms with Gasteiger partial charge in [0.15, 0.2) is 5.78 Å². The molecule has 0 spiro atoms. The van der Waals surface area contributed by atoms with Crippen LogP contribution < -0.4 is 10.6 Å². The maximum Gasteiger partial charge on any atom is 0.337 e. The minimum absolute atomic E-state index is 0.0201. The number of ether oxygens (including phenoxy) is 1. The van der Waals surface area contributed by atoms with Gasteiger partial charge < -0.3 is 15.4 Å². The molecule has 29 heavy (non-hydrogen) atoms. The quantitative estimate of drug-likeness (QED) is 0.487. The molecular formula is C22H19N3O4. The number of amides is 1. The van der Waals surface area contributed by atoms with E-state index in [9.17, 15) is 14.4 Å². The smallest absolute Gasteiger partial charge is 0.337 e. The molecule has 3 aromatic rings. The second kappa shape index (κ2) is 8.79. The van der Waals surface area contributed by atoms with Crippen LogP contribution >= 0.6 is 0 Å². The normalized spacial score (nSPS) is 10.1. The number of Topliss-reactive ketones (excluding diaryl/α,β-unsaturated/α-hetero) is 1. The van der Waals surface area contributed by atoms with E-state index in [0.29, 0.717) is 28.2 Å². The Kier molecular flexibility index (Phi) is 5.99. The standard InChI is InChI=1S/C22H19N3O4/c1-14(26)16-4-3-5-19(12-16)24-20-11-8-17(13-23-20)21(27)25-18-9-6-15(7-10-18)22(28)29-2/h3-13H,1-2H3,(H,23,24)(H,25,27). The Labute approximate surface area is 167 Å². The summed E-state index contributed by atoms with van der Waals surface area (Å²) in [4.78, 5) is 39.5. The lowest BCUT2D eigenvalue weighted by atomic mass is 10.1. The van der Waals surface area contributed by atoms with Crippen molar-refractivity contribution in [1.82, 2.24) is 4.98 Å². The van der Waals surface area contributed by atoms with Crippen LogP contribution in [-0.2, 0) is 4.74 Å². The first kappa shape index (κ1) is 19.8. The maximum atomic E-state index is 12.4. The molecule has 146 valence electrons. The summed E-state index contributed by atoms with van der Waals surface area (Å²) in [6, 6.07) is 16.8. The van der Waals surface area contributed by atoms with Crippen LogP contribution in [0.3, 0.4) is 0 Å². The lowest BCUT2D eigenvalue weighted by molar-refractivity contribution is 0.0600. The highest BCUT2D eigenvalue weighted by atomic mass is 16.5. The highest BCUT2D eigenvalue weighted by Gasteiger charge is 2.09. The summed E-state index contributed by atoms with van der Waals surface area (Å²) in [6.07, 6.45) is 1.45. The molecule has 1 amide bonds. The molecule has 0 aliphatic carbocycles. The fourth-order valence-electron chi connectivity index (χ4n) is 2.58. The molecule has 0 saturated heterocycles. The topological polar surface area (TPSA) is 97.4 Å². The SMILES string of the molecule is COC(=O)c1ccc(NC(=O)c2ccc(Nc3cccc(C(C)=O)c3)nc2)cc1. The van der Waals surface area contributed by atoms with E-state index in [1.807, 2.05) is 6.07 Å². The molecule has 0 bridgehead atoms. The van der Waals surface area contributed by atoms with Gasteiger partial charge >= 0.3 is 5.97 Å². The summed E-state index contributed by atoms with van der Waals surface area (Å²) < 4.78 is 4.64. The largest absolute Gasteiger partial charge is 0.465 e. The molecule has 7 nitrogen and oxygen atoms in total. The zero-order chi connectivity index (χ0) is 20.8. The minimum atomic E-state index is -0.441. The molecule has 0 saturated carbocycles. The van der Waals surface area contributed by atoms with Crippen LogP contribution in [0.2, 0.25) is 0 Å². The number of carbonyl (C=O) groups is 3. The van der Waals surface area contributed by atoms with Crippen molar-refractivity contribution >= 4 is 34.9 Å². The van der Waals surface area contributed by atoms with Gasteiger partial charge in [0, 0.05) is 23.1 Å². The van der Waals surface area contributed by atoms with Crippen molar-refractivity contribution in [3.63, 3.8) is 0 Å². The third kappa shape index (κ3) is 5.04. The van der Waals surface area contributed by atoms with Gasteiger partial charge in [-0.25, -0.2) is 9.78 Å². The number of nitrogens with one attached hydrogen (secondary N) is 2. The van der Waals surface area contributed by atoms with Crippen LogP contribution in [-0.4, -0.2) is 29.8 Å². The van der Waals surface area contributed by atoms with Crippen molar-refractivity contribution in [2.45, 2.75) is 6.92 Å². The number of pyridine rings is 1. The number of aromatic nitrogens is 1. The monoisotopic (exact) mass is 389 g/mol. The van der Waals surface area contributed by atoms with E-state index in [4.69, 9.17) is 0 Å². The van der Waals surface area contributed by atoms with E-state index in [1.54, 1.807) is 54.6 Å². The summed E-state index contributed by atoms with van der Waals surface area (Å²) >= 11 is 0. The molecule has 0 fully saturated rings. The van der Waals surface area contributed by atoms with Crippen LogP contribution in [0.25, 0.3) is 0 Å². The molecule has 2 N–H and O–H groups in total. The fraction of sp³-hybridized carbons (Fsp3) is 0.0909. The van der Waals surface area contributed by atoms with Crippen molar-refractivity contribution in [3.8, 4) is 0 Å². The molecule has 1 heterocycles. The summed E-state index contributed by atoms with van der Waals surface area (Å²) in [5.74, 6) is -0.240. The Bertz CT molecular complexity index is 1040. The molecule has 0 aliphatic heterocycles. The highest BCUT2D eigenvalue weighted by molar-refractivity contribution is 6.04. The third-order valence-corrected chi connectivity index (χ3v) is 4.13. The van der Waals surface area contributed by atoms with Gasteiger partial charge in [-0.1, -0.05) is 12.1 Å². The molecule has 0 unspecified atom stereocenters. The Morgan fingerprint density at radius 3 is 2.21 bits per heavy atom. The van der Waals surface area contributed by atoms with Crippen LogP contribution in [0.5, 0.6) is 0 Å². The predicted octanol–water partition coefficient (Wildman–Crippen LogP) is 4.07. The first-order chi connectivity index (χ1) is 14.0. The third-order valence-electron chi connectivity index (χ3n) is 4.13. The van der Waals surface area contributed by atoms with Crippen LogP contribution in [0.1, 0.15) is 38.0 Å². The van der Waals surface area contributed by atoms with E-state index in [2.05, 4.69) is 20.4 Å². The van der Waals surface area contributed by atoms with Crippen LogP contribution in [0.15, 0.2) is 66.9 Å². The number of methoxy groups -OCH3 is 1. The highest BCUT2D eigenvalue weighted by Crippen LogP contribution is 2.17. The Morgan fingerprint density at radius 2 is 1.59 bits per heavy atom. The van der Waals surface area contributed by atoms with E-state index in [-0.39, 0.29) is 11.7 Å². The number of hydrogen-bond acceptors (Lipinski definition) is 6. The van der Waals surface area contributed by atoms with Crippen molar-refractivity contribution < 1.29 is 19.1 Å². The molecule has 2 aromatic carbocycles. The van der Waals surface area contributed by atoms with E-state index < -0.39 is 5.97 Å². The summed E-state index contributed by atoms with van der Waals surface area (Å²) in [5, 5.41) is 5.84. The average molecular weight is 389 g/mol. The number of hydrogen-bond donors (Lipinski definition) is 2. The predicted molar refractivity (Wildman–Crippen MR) is 110 cm³/mol. The lowest BCUT2D eigenvalue weighted by Gasteiger charge is -2.09. The number of rotatable bonds is 6. The van der Waals surface area contributed by atoms with E-state index in [1.165, 1.54) is 20.2 Å². The van der Waals surface area contributed by atoms with Gasteiger partial charge in [0.2, 0.25) is 0 Å². The second-order valence-corrected chi connectivity index (χ2v) is 6.22. The average Bonchev–Trinajstić information content (AvgIpc) is 2.74. The second-order valence-electron chi connectivity index (χ2n) is 6.22. The molecule has 3 rings (SSSR count). The van der Waals surface area contributed by atoms with Gasteiger partial charge in [0.05, 0.1) is 18.2 Å². The fourth-order valence-corrected chi connectivity index (χ4v) is 2.58. The number of ketones is 1. The first-order valence-corrected chi connectivity index (χ1v) is 8.80. The zero-order valence-electron chi connectivity index (χ0n) is 15.9.